The van der Waals surface area contributed by atoms with Crippen LogP contribution < -0.4 is 11.5 Å². The van der Waals surface area contributed by atoms with Crippen molar-refractivity contribution in [3.8, 4) is 0 Å². The van der Waals surface area contributed by atoms with Crippen LogP contribution in [0.4, 0.5) is 0 Å². The molecule has 4 heteroatoms. The first kappa shape index (κ1) is 10.5. The molecule has 13 heavy (non-hydrogen) atoms. The smallest absolute Gasteiger partial charge is 0.221 e. The van der Waals surface area contributed by atoms with Gasteiger partial charge in [-0.15, -0.1) is 0 Å². The lowest BCUT2D eigenvalue weighted by Gasteiger charge is -2.32. The fraction of sp³-hybridized carbons (Fsp3) is 0.889. The second-order valence-electron chi connectivity index (χ2n) is 3.98. The lowest BCUT2D eigenvalue weighted by atomic mass is 9.97. The molecule has 4 nitrogen and oxygen atoms in total. The fourth-order valence-electron chi connectivity index (χ4n) is 1.86. The van der Waals surface area contributed by atoms with Gasteiger partial charge in [0.1, 0.15) is 0 Å². The van der Waals surface area contributed by atoms with E-state index >= 15 is 0 Å². The van der Waals surface area contributed by atoms with E-state index in [0.29, 0.717) is 0 Å². The molecule has 4 N–H and O–H groups in total. The van der Waals surface area contributed by atoms with Crippen molar-refractivity contribution < 1.29 is 4.79 Å². The highest BCUT2D eigenvalue weighted by atomic mass is 16.1. The summed E-state index contributed by atoms with van der Waals surface area (Å²) in [6.45, 7) is 4.68. The van der Waals surface area contributed by atoms with Crippen molar-refractivity contribution in [2.45, 2.75) is 25.8 Å². The minimum Gasteiger partial charge on any atom is -0.369 e. The van der Waals surface area contributed by atoms with E-state index in [1.54, 1.807) is 0 Å². The van der Waals surface area contributed by atoms with Crippen molar-refractivity contribution in [3.63, 3.8) is 0 Å². The number of hydrogen-bond acceptors (Lipinski definition) is 3. The highest BCUT2D eigenvalue weighted by molar-refractivity contribution is 5.76. The van der Waals surface area contributed by atoms with Crippen LogP contribution in [0.15, 0.2) is 0 Å². The van der Waals surface area contributed by atoms with Crippen molar-refractivity contribution in [2.75, 3.05) is 19.6 Å². The van der Waals surface area contributed by atoms with Gasteiger partial charge < -0.3 is 16.4 Å². The van der Waals surface area contributed by atoms with Gasteiger partial charge in [-0.2, -0.15) is 0 Å². The van der Waals surface area contributed by atoms with E-state index in [1.807, 2.05) is 6.92 Å². The fourth-order valence-corrected chi connectivity index (χ4v) is 1.86. The van der Waals surface area contributed by atoms with Crippen LogP contribution in [-0.2, 0) is 4.79 Å². The second kappa shape index (κ2) is 4.58. The van der Waals surface area contributed by atoms with Gasteiger partial charge in [0, 0.05) is 19.1 Å². The molecule has 1 aliphatic rings. The molecular weight excluding hydrogens is 166 g/mol. The number of amides is 1. The number of carbonyl (C=O) groups is 1. The number of piperidine rings is 1. The molecule has 1 rings (SSSR count). The van der Waals surface area contributed by atoms with Gasteiger partial charge in [-0.05, 0) is 26.3 Å². The molecule has 0 aliphatic carbocycles. The Kier molecular flexibility index (Phi) is 3.69. The third-order valence-corrected chi connectivity index (χ3v) is 2.45. The normalized spacial score (nSPS) is 27.1. The number of carbonyl (C=O) groups excluding carboxylic acids is 1. The summed E-state index contributed by atoms with van der Waals surface area (Å²) in [6.07, 6.45) is 1.99. The van der Waals surface area contributed by atoms with Crippen molar-refractivity contribution >= 4 is 5.91 Å². The summed E-state index contributed by atoms with van der Waals surface area (Å²) in [5.41, 5.74) is 11.0. The number of nitrogens with zero attached hydrogens (tertiary/aromatic N) is 1. The first-order chi connectivity index (χ1) is 6.09. The minimum absolute atomic E-state index is 0.0347. The lowest BCUT2D eigenvalue weighted by Crippen LogP contribution is -2.45. The Morgan fingerprint density at radius 3 is 2.92 bits per heavy atom. The molecule has 1 heterocycles. The maximum absolute atomic E-state index is 10.9. The van der Waals surface area contributed by atoms with Gasteiger partial charge in [0.2, 0.25) is 5.91 Å². The lowest BCUT2D eigenvalue weighted by molar-refractivity contribution is -0.123. The number of rotatable bonds is 3. The van der Waals surface area contributed by atoms with E-state index in [9.17, 15) is 4.79 Å². The molecular formula is C9H19N3O. The standard InChI is InChI=1S/C9H19N3O/c1-7(10)5-12-4-2-3-8(6-12)9(11)13/h7-8H,2-6,10H2,1H3,(H2,11,13). The second-order valence-corrected chi connectivity index (χ2v) is 3.98. The number of primary amides is 1. The topological polar surface area (TPSA) is 72.3 Å². The molecule has 0 aromatic carbocycles. The zero-order valence-corrected chi connectivity index (χ0v) is 8.20. The van der Waals surface area contributed by atoms with Crippen LogP contribution in [0.2, 0.25) is 0 Å². The first-order valence-electron chi connectivity index (χ1n) is 4.87. The number of likely N-dealkylation sites (tertiary alicyclic amines) is 1. The highest BCUT2D eigenvalue weighted by Crippen LogP contribution is 2.15. The van der Waals surface area contributed by atoms with E-state index in [-0.39, 0.29) is 17.9 Å². The van der Waals surface area contributed by atoms with Crippen LogP contribution in [0, 0.1) is 5.92 Å². The average Bonchev–Trinajstić information content (AvgIpc) is 2.03. The van der Waals surface area contributed by atoms with Crippen molar-refractivity contribution in [2.24, 2.45) is 17.4 Å². The summed E-state index contributed by atoms with van der Waals surface area (Å²) in [6, 6.07) is 0.173. The van der Waals surface area contributed by atoms with E-state index < -0.39 is 0 Å². The predicted molar refractivity (Wildman–Crippen MR) is 52.0 cm³/mol. The third-order valence-electron chi connectivity index (χ3n) is 2.45. The Balaban J connectivity index is 2.37. The predicted octanol–water partition coefficient (Wildman–Crippen LogP) is -0.469. The molecule has 0 saturated carbocycles. The van der Waals surface area contributed by atoms with Crippen LogP contribution in [0.3, 0.4) is 0 Å². The molecule has 1 fully saturated rings. The zero-order chi connectivity index (χ0) is 9.84. The van der Waals surface area contributed by atoms with Crippen molar-refractivity contribution in [1.82, 2.24) is 4.90 Å². The van der Waals surface area contributed by atoms with Gasteiger partial charge in [0.25, 0.3) is 0 Å². The van der Waals surface area contributed by atoms with E-state index in [4.69, 9.17) is 11.5 Å². The molecule has 0 radical (unpaired) electrons. The number of hydrogen-bond donors (Lipinski definition) is 2. The van der Waals surface area contributed by atoms with Gasteiger partial charge >= 0.3 is 0 Å². The Morgan fingerprint density at radius 2 is 2.38 bits per heavy atom. The van der Waals surface area contributed by atoms with E-state index in [2.05, 4.69) is 4.90 Å². The molecule has 2 atom stereocenters. The number of nitrogens with two attached hydrogens (primary N) is 2. The van der Waals surface area contributed by atoms with Gasteiger partial charge in [-0.25, -0.2) is 0 Å². The summed E-state index contributed by atoms with van der Waals surface area (Å²) in [5, 5.41) is 0. The Labute approximate surface area is 79.3 Å². The summed E-state index contributed by atoms with van der Waals surface area (Å²) in [7, 11) is 0. The molecule has 1 saturated heterocycles. The minimum atomic E-state index is -0.172. The van der Waals surface area contributed by atoms with Crippen LogP contribution >= 0.6 is 0 Å². The summed E-state index contributed by atoms with van der Waals surface area (Å²) >= 11 is 0. The van der Waals surface area contributed by atoms with Crippen LogP contribution in [0.1, 0.15) is 19.8 Å². The Bertz CT molecular complexity index is 182. The van der Waals surface area contributed by atoms with Gasteiger partial charge in [0.15, 0.2) is 0 Å². The SMILES string of the molecule is CC(N)CN1CCCC(C(N)=O)C1. The van der Waals surface area contributed by atoms with Gasteiger partial charge in [-0.3, -0.25) is 4.79 Å². The van der Waals surface area contributed by atoms with Gasteiger partial charge in [-0.1, -0.05) is 0 Å². The van der Waals surface area contributed by atoms with E-state index in [1.165, 1.54) is 0 Å². The Hall–Kier alpha value is -0.610. The molecule has 1 aliphatic heterocycles. The molecule has 0 bridgehead atoms. The quantitative estimate of drug-likeness (QED) is 0.624. The van der Waals surface area contributed by atoms with Crippen molar-refractivity contribution in [3.05, 3.63) is 0 Å². The highest BCUT2D eigenvalue weighted by Gasteiger charge is 2.23. The largest absolute Gasteiger partial charge is 0.369 e. The summed E-state index contributed by atoms with van der Waals surface area (Å²) < 4.78 is 0. The summed E-state index contributed by atoms with van der Waals surface area (Å²) in [5.74, 6) is -0.137. The Morgan fingerprint density at radius 1 is 1.69 bits per heavy atom. The van der Waals surface area contributed by atoms with Gasteiger partial charge in [0.05, 0.1) is 5.92 Å². The average molecular weight is 185 g/mol. The zero-order valence-electron chi connectivity index (χ0n) is 8.20. The van der Waals surface area contributed by atoms with E-state index in [0.717, 1.165) is 32.5 Å². The molecule has 0 aromatic rings. The van der Waals surface area contributed by atoms with Crippen LogP contribution in [-0.4, -0.2) is 36.5 Å². The molecule has 0 aromatic heterocycles. The third kappa shape index (κ3) is 3.32. The molecule has 0 spiro atoms. The summed E-state index contributed by atoms with van der Waals surface area (Å²) in [4.78, 5) is 13.2. The molecule has 1 amide bonds. The molecule has 76 valence electrons. The van der Waals surface area contributed by atoms with Crippen LogP contribution in [0.5, 0.6) is 0 Å². The molecule has 2 unspecified atom stereocenters. The maximum Gasteiger partial charge on any atom is 0.221 e. The monoisotopic (exact) mass is 185 g/mol. The maximum atomic E-state index is 10.9. The first-order valence-corrected chi connectivity index (χ1v) is 4.87. The van der Waals surface area contributed by atoms with Crippen LogP contribution in [0.25, 0.3) is 0 Å². The van der Waals surface area contributed by atoms with Crippen molar-refractivity contribution in [1.29, 1.82) is 0 Å².